The van der Waals surface area contributed by atoms with Crippen molar-refractivity contribution < 1.29 is 61.3 Å². The van der Waals surface area contributed by atoms with E-state index < -0.39 is 5.97 Å². The molecule has 0 aliphatic heterocycles. The minimum atomic E-state index is -1.12. The number of aryl methyl sites for hydroxylation is 1. The zero-order valence-electron chi connectivity index (χ0n) is 7.33. The molecule has 58 valence electrons. The normalized spacial score (nSPS) is 8.75. The minimum absolute atomic E-state index is 0. The van der Waals surface area contributed by atoms with Crippen molar-refractivity contribution in [3.8, 4) is 0 Å². The fraction of sp³-hybridized carbons (Fsp3) is 0.222. The largest absolute Gasteiger partial charge is 1.00 e. The number of aromatic carboxylic acids is 1. The smallest absolute Gasteiger partial charge is 0.545 e. The Hall–Kier alpha value is 0.326. The Labute approximate surface area is 114 Å². The van der Waals surface area contributed by atoms with Crippen molar-refractivity contribution in [1.29, 1.82) is 0 Å². The van der Waals surface area contributed by atoms with Crippen LogP contribution in [0, 0.1) is 0 Å². The van der Waals surface area contributed by atoms with Crippen LogP contribution in [0.1, 0.15) is 22.8 Å². The van der Waals surface area contributed by atoms with Crippen LogP contribution in [0.15, 0.2) is 24.3 Å². The maximum absolute atomic E-state index is 10.3. The van der Waals surface area contributed by atoms with Gasteiger partial charge in [0.1, 0.15) is 0 Å². The summed E-state index contributed by atoms with van der Waals surface area (Å²) < 4.78 is 0. The summed E-state index contributed by atoms with van der Waals surface area (Å²) in [5.41, 5.74) is 1.37. The van der Waals surface area contributed by atoms with Gasteiger partial charge < -0.3 is 9.90 Å². The standard InChI is InChI=1S/C9H10O2.K/c1-2-7-3-5-8(6-4-7)9(10)11;/h3-6H,2H2,1H3,(H,10,11);/q;+1/p-1. The van der Waals surface area contributed by atoms with Crippen molar-refractivity contribution in [2.24, 2.45) is 0 Å². The Morgan fingerprint density at radius 1 is 1.33 bits per heavy atom. The van der Waals surface area contributed by atoms with E-state index in [-0.39, 0.29) is 56.9 Å². The minimum Gasteiger partial charge on any atom is -0.545 e. The van der Waals surface area contributed by atoms with Gasteiger partial charge >= 0.3 is 51.4 Å². The van der Waals surface area contributed by atoms with Crippen LogP contribution < -0.4 is 56.5 Å². The van der Waals surface area contributed by atoms with Crippen LogP contribution in [0.3, 0.4) is 0 Å². The monoisotopic (exact) mass is 188 g/mol. The predicted octanol–water partition coefficient (Wildman–Crippen LogP) is -2.38. The molecule has 0 aliphatic rings. The number of carboxylic acid groups (broad SMARTS) is 1. The number of hydrogen-bond donors (Lipinski definition) is 0. The van der Waals surface area contributed by atoms with Crippen LogP contribution in [-0.4, -0.2) is 5.97 Å². The fourth-order valence-corrected chi connectivity index (χ4v) is 0.877. The van der Waals surface area contributed by atoms with E-state index in [4.69, 9.17) is 0 Å². The van der Waals surface area contributed by atoms with Crippen molar-refractivity contribution in [2.45, 2.75) is 13.3 Å². The molecule has 0 aliphatic carbocycles. The van der Waals surface area contributed by atoms with Gasteiger partial charge in [-0.25, -0.2) is 0 Å². The summed E-state index contributed by atoms with van der Waals surface area (Å²) in [6.07, 6.45) is 0.924. The molecule has 0 heterocycles. The molecule has 0 N–H and O–H groups in total. The quantitative estimate of drug-likeness (QED) is 0.486. The van der Waals surface area contributed by atoms with Crippen molar-refractivity contribution in [2.75, 3.05) is 0 Å². The number of rotatable bonds is 2. The van der Waals surface area contributed by atoms with Crippen LogP contribution in [0.2, 0.25) is 0 Å². The summed E-state index contributed by atoms with van der Waals surface area (Å²) in [5.74, 6) is -1.12. The number of carboxylic acids is 1. The summed E-state index contributed by atoms with van der Waals surface area (Å²) in [6, 6.07) is 6.72. The second kappa shape index (κ2) is 5.88. The van der Waals surface area contributed by atoms with Crippen LogP contribution >= 0.6 is 0 Å². The molecular weight excluding hydrogens is 179 g/mol. The molecule has 0 radical (unpaired) electrons. The molecule has 0 atom stereocenters. The van der Waals surface area contributed by atoms with E-state index in [1.807, 2.05) is 6.92 Å². The van der Waals surface area contributed by atoms with Crippen LogP contribution in [0.5, 0.6) is 0 Å². The molecule has 0 saturated carbocycles. The second-order valence-corrected chi connectivity index (χ2v) is 2.34. The van der Waals surface area contributed by atoms with Gasteiger partial charge in [0.2, 0.25) is 0 Å². The Kier molecular flexibility index (Phi) is 6.04. The zero-order chi connectivity index (χ0) is 8.27. The van der Waals surface area contributed by atoms with E-state index in [1.54, 1.807) is 24.3 Å². The van der Waals surface area contributed by atoms with Gasteiger partial charge in [0, 0.05) is 0 Å². The molecule has 0 spiro atoms. The summed E-state index contributed by atoms with van der Waals surface area (Å²) in [7, 11) is 0. The van der Waals surface area contributed by atoms with Crippen molar-refractivity contribution in [3.63, 3.8) is 0 Å². The number of hydrogen-bond acceptors (Lipinski definition) is 2. The molecule has 1 rings (SSSR count). The second-order valence-electron chi connectivity index (χ2n) is 2.34. The van der Waals surface area contributed by atoms with Gasteiger partial charge in [0.05, 0.1) is 5.97 Å². The van der Waals surface area contributed by atoms with Gasteiger partial charge in [-0.3, -0.25) is 0 Å². The number of benzene rings is 1. The van der Waals surface area contributed by atoms with Gasteiger partial charge in [-0.15, -0.1) is 0 Å². The predicted molar refractivity (Wildman–Crippen MR) is 40.2 cm³/mol. The Bertz CT molecular complexity index is 254. The molecule has 0 unspecified atom stereocenters. The van der Waals surface area contributed by atoms with Crippen LogP contribution in [-0.2, 0) is 6.42 Å². The molecular formula is C9H9KO2. The maximum atomic E-state index is 10.3. The van der Waals surface area contributed by atoms with E-state index >= 15 is 0 Å². The summed E-state index contributed by atoms with van der Waals surface area (Å²) in [5, 5.41) is 10.3. The third-order valence-electron chi connectivity index (χ3n) is 1.60. The Morgan fingerprint density at radius 2 is 1.83 bits per heavy atom. The first kappa shape index (κ1) is 12.3. The van der Waals surface area contributed by atoms with Crippen LogP contribution in [0.4, 0.5) is 0 Å². The zero-order valence-corrected chi connectivity index (χ0v) is 10.5. The fourth-order valence-electron chi connectivity index (χ4n) is 0.877. The first-order chi connectivity index (χ1) is 5.24. The summed E-state index contributed by atoms with van der Waals surface area (Å²) >= 11 is 0. The van der Waals surface area contributed by atoms with E-state index in [2.05, 4.69) is 0 Å². The molecule has 0 amide bonds. The van der Waals surface area contributed by atoms with Crippen LogP contribution in [0.25, 0.3) is 0 Å². The third-order valence-corrected chi connectivity index (χ3v) is 1.60. The molecule has 3 heteroatoms. The van der Waals surface area contributed by atoms with Gasteiger partial charge in [0.25, 0.3) is 0 Å². The van der Waals surface area contributed by atoms with Gasteiger partial charge in [-0.2, -0.15) is 0 Å². The van der Waals surface area contributed by atoms with Gasteiger partial charge in [0.15, 0.2) is 0 Å². The Morgan fingerprint density at radius 3 is 2.17 bits per heavy atom. The molecule has 0 aromatic heterocycles. The van der Waals surface area contributed by atoms with Gasteiger partial charge in [-0.05, 0) is 17.5 Å². The van der Waals surface area contributed by atoms with Crippen molar-refractivity contribution >= 4 is 5.97 Å². The molecule has 1 aromatic carbocycles. The molecule has 1 aromatic rings. The average Bonchev–Trinajstić information content (AvgIpc) is 2.05. The topological polar surface area (TPSA) is 40.1 Å². The van der Waals surface area contributed by atoms with E-state index in [0.717, 1.165) is 12.0 Å². The average molecular weight is 188 g/mol. The molecule has 0 fully saturated rings. The van der Waals surface area contributed by atoms with E-state index in [1.165, 1.54) is 0 Å². The molecule has 0 bridgehead atoms. The SMILES string of the molecule is CCc1ccc(C(=O)[O-])cc1.[K+]. The van der Waals surface area contributed by atoms with E-state index in [0.29, 0.717) is 0 Å². The third kappa shape index (κ3) is 3.37. The number of carbonyl (C=O) groups excluding carboxylic acids is 1. The van der Waals surface area contributed by atoms with E-state index in [9.17, 15) is 9.90 Å². The number of carbonyl (C=O) groups is 1. The molecule has 12 heavy (non-hydrogen) atoms. The van der Waals surface area contributed by atoms with Crippen molar-refractivity contribution in [1.82, 2.24) is 0 Å². The summed E-state index contributed by atoms with van der Waals surface area (Å²) in [6.45, 7) is 2.02. The molecule has 0 saturated heterocycles. The first-order valence-electron chi connectivity index (χ1n) is 3.54. The first-order valence-corrected chi connectivity index (χ1v) is 3.54. The summed E-state index contributed by atoms with van der Waals surface area (Å²) in [4.78, 5) is 10.3. The van der Waals surface area contributed by atoms with Crippen molar-refractivity contribution in [3.05, 3.63) is 35.4 Å². The Balaban J connectivity index is 0.00000121. The van der Waals surface area contributed by atoms with Gasteiger partial charge in [-0.1, -0.05) is 31.2 Å². The molecule has 2 nitrogen and oxygen atoms in total. The maximum Gasteiger partial charge on any atom is 1.00 e.